The molecule has 0 radical (unpaired) electrons. The first kappa shape index (κ1) is 16.4. The molecule has 7 heteroatoms. The molecule has 1 aliphatic rings. The molecule has 3 aromatic heterocycles. The zero-order chi connectivity index (χ0) is 18.4. The number of hydrogen-bond donors (Lipinski definition) is 3. The summed E-state index contributed by atoms with van der Waals surface area (Å²) in [7, 11) is 0. The number of nitrogens with one attached hydrogen (secondary N) is 3. The number of benzene rings is 1. The molecule has 0 aliphatic carbocycles. The fourth-order valence-electron chi connectivity index (χ4n) is 3.76. The molecule has 0 saturated carbocycles. The Bertz CT molecular complexity index is 1160. The van der Waals surface area contributed by atoms with Crippen molar-refractivity contribution in [1.29, 1.82) is 0 Å². The molecule has 1 aromatic carbocycles. The molecular weight excluding hydrogens is 358 g/mol. The summed E-state index contributed by atoms with van der Waals surface area (Å²) in [4.78, 5) is 21.4. The molecule has 4 aromatic rings. The lowest BCUT2D eigenvalue weighted by atomic mass is 10.1. The quantitative estimate of drug-likeness (QED) is 0.506. The Morgan fingerprint density at radius 3 is 2.74 bits per heavy atom. The van der Waals surface area contributed by atoms with E-state index in [1.807, 2.05) is 19.1 Å². The number of thiophene rings is 1. The minimum absolute atomic E-state index is 0.0614. The molecule has 1 saturated heterocycles. The van der Waals surface area contributed by atoms with Gasteiger partial charge in [0, 0.05) is 22.2 Å². The normalized spacial score (nSPS) is 19.7. The van der Waals surface area contributed by atoms with Crippen LogP contribution < -0.4 is 10.9 Å². The highest BCUT2D eigenvalue weighted by Gasteiger charge is 2.28. The second-order valence-corrected chi connectivity index (χ2v) is 8.00. The molecule has 0 amide bonds. The van der Waals surface area contributed by atoms with Gasteiger partial charge in [0.15, 0.2) is 0 Å². The topological polar surface area (TPSA) is 86.5 Å². The van der Waals surface area contributed by atoms with Crippen LogP contribution in [-0.4, -0.2) is 20.2 Å². The molecule has 1 aliphatic heterocycles. The minimum atomic E-state index is -0.0719. The zero-order valence-corrected chi connectivity index (χ0v) is 15.6. The molecule has 3 N–H and O–H groups in total. The molecule has 136 valence electrons. The Hall–Kier alpha value is -2.77. The molecule has 4 heterocycles. The maximum Gasteiger partial charge on any atom is 0.268 e. The van der Waals surface area contributed by atoms with Gasteiger partial charge >= 0.3 is 0 Å². The van der Waals surface area contributed by atoms with Gasteiger partial charge in [-0.25, -0.2) is 4.98 Å². The van der Waals surface area contributed by atoms with Crippen LogP contribution in [0, 0.1) is 6.92 Å². The number of aromatic nitrogens is 4. The van der Waals surface area contributed by atoms with E-state index in [1.165, 1.54) is 16.9 Å². The number of aryl methyl sites for hydroxylation is 1. The summed E-state index contributed by atoms with van der Waals surface area (Å²) < 4.78 is 0.659. The van der Waals surface area contributed by atoms with Crippen LogP contribution in [0.1, 0.15) is 42.0 Å². The van der Waals surface area contributed by atoms with Gasteiger partial charge in [-0.05, 0) is 31.4 Å². The first-order valence-corrected chi connectivity index (χ1v) is 9.86. The largest absolute Gasteiger partial charge is 0.308 e. The molecule has 1 fully saturated rings. The Kier molecular flexibility index (Phi) is 3.91. The zero-order valence-electron chi connectivity index (χ0n) is 14.8. The van der Waals surface area contributed by atoms with Crippen molar-refractivity contribution < 1.29 is 0 Å². The first-order valence-electron chi connectivity index (χ1n) is 9.04. The lowest BCUT2D eigenvalue weighted by Gasteiger charge is -2.14. The van der Waals surface area contributed by atoms with Crippen LogP contribution in [0.2, 0.25) is 0 Å². The summed E-state index contributed by atoms with van der Waals surface area (Å²) in [5.74, 6) is 0.721. The average molecular weight is 377 g/mol. The summed E-state index contributed by atoms with van der Waals surface area (Å²) in [5, 5.41) is 10.6. The Morgan fingerprint density at radius 2 is 1.96 bits per heavy atom. The van der Waals surface area contributed by atoms with Gasteiger partial charge in [0.25, 0.3) is 5.56 Å². The lowest BCUT2D eigenvalue weighted by molar-refractivity contribution is 0.551. The third-order valence-electron chi connectivity index (χ3n) is 5.17. The lowest BCUT2D eigenvalue weighted by Crippen LogP contribution is -2.22. The summed E-state index contributed by atoms with van der Waals surface area (Å²) >= 11 is 1.46. The standard InChI is InChI=1S/C20H19N5OS/c1-11-13(10-21-25-11)17-9-16-18(27-17)20(26)24-19(23-16)15-8-7-14(22-15)12-5-3-2-4-6-12/h2-6,9-10,14-15,22H,7-8H2,1H3,(H,21,25)(H,23,24,26)/t14-,15+/m1/s1. The maximum absolute atomic E-state index is 12.6. The number of fused-ring (bicyclic) bond motifs is 1. The second-order valence-electron chi connectivity index (χ2n) is 6.94. The summed E-state index contributed by atoms with van der Waals surface area (Å²) in [6, 6.07) is 12.8. The Balaban J connectivity index is 1.48. The van der Waals surface area contributed by atoms with Crippen LogP contribution in [0.15, 0.2) is 47.4 Å². The van der Waals surface area contributed by atoms with E-state index in [1.54, 1.807) is 6.20 Å². The van der Waals surface area contributed by atoms with Crippen LogP contribution in [0.3, 0.4) is 0 Å². The van der Waals surface area contributed by atoms with E-state index in [4.69, 9.17) is 4.98 Å². The molecule has 0 bridgehead atoms. The van der Waals surface area contributed by atoms with Gasteiger partial charge in [0.2, 0.25) is 0 Å². The second kappa shape index (κ2) is 6.44. The highest BCUT2D eigenvalue weighted by atomic mass is 32.1. The van der Waals surface area contributed by atoms with Crippen molar-refractivity contribution in [3.8, 4) is 10.4 Å². The number of nitrogens with zero attached hydrogens (tertiary/aromatic N) is 2. The van der Waals surface area contributed by atoms with Gasteiger partial charge in [-0.15, -0.1) is 11.3 Å². The molecule has 2 atom stereocenters. The minimum Gasteiger partial charge on any atom is -0.308 e. The highest BCUT2D eigenvalue weighted by molar-refractivity contribution is 7.22. The van der Waals surface area contributed by atoms with Crippen LogP contribution in [0.25, 0.3) is 20.7 Å². The molecule has 6 nitrogen and oxygen atoms in total. The summed E-state index contributed by atoms with van der Waals surface area (Å²) in [6.45, 7) is 1.97. The van der Waals surface area contributed by atoms with Gasteiger partial charge in [-0.2, -0.15) is 5.10 Å². The highest BCUT2D eigenvalue weighted by Crippen LogP contribution is 2.35. The fraction of sp³-hybridized carbons (Fsp3) is 0.250. The SMILES string of the molecule is Cc1[nH]ncc1-c1cc2nc([C@@H]3CC[C@H](c4ccccc4)N3)[nH]c(=O)c2s1. The van der Waals surface area contributed by atoms with Gasteiger partial charge in [0.05, 0.1) is 17.8 Å². The predicted octanol–water partition coefficient (Wildman–Crippen LogP) is 3.85. The monoisotopic (exact) mass is 377 g/mol. The van der Waals surface area contributed by atoms with E-state index in [-0.39, 0.29) is 11.6 Å². The third-order valence-corrected chi connectivity index (χ3v) is 6.33. The van der Waals surface area contributed by atoms with Gasteiger partial charge in [-0.3, -0.25) is 9.89 Å². The maximum atomic E-state index is 12.6. The average Bonchev–Trinajstić information content (AvgIpc) is 3.41. The smallest absolute Gasteiger partial charge is 0.268 e. The fourth-order valence-corrected chi connectivity index (χ4v) is 4.82. The number of rotatable bonds is 3. The Morgan fingerprint density at radius 1 is 1.15 bits per heavy atom. The third kappa shape index (κ3) is 2.89. The molecule has 27 heavy (non-hydrogen) atoms. The molecule has 0 spiro atoms. The Labute approximate surface area is 159 Å². The van der Waals surface area contributed by atoms with Gasteiger partial charge < -0.3 is 10.3 Å². The van der Waals surface area contributed by atoms with Crippen molar-refractivity contribution in [2.75, 3.05) is 0 Å². The van der Waals surface area contributed by atoms with Crippen molar-refractivity contribution in [2.24, 2.45) is 0 Å². The van der Waals surface area contributed by atoms with Crippen molar-refractivity contribution in [3.05, 3.63) is 70.0 Å². The van der Waals surface area contributed by atoms with Crippen LogP contribution in [-0.2, 0) is 0 Å². The van der Waals surface area contributed by atoms with Crippen LogP contribution in [0.4, 0.5) is 0 Å². The van der Waals surface area contributed by atoms with E-state index in [9.17, 15) is 4.79 Å². The predicted molar refractivity (Wildman–Crippen MR) is 107 cm³/mol. The number of aromatic amines is 2. The van der Waals surface area contributed by atoms with Crippen molar-refractivity contribution >= 4 is 21.6 Å². The van der Waals surface area contributed by atoms with Crippen molar-refractivity contribution in [2.45, 2.75) is 31.8 Å². The van der Waals surface area contributed by atoms with E-state index in [0.29, 0.717) is 10.7 Å². The van der Waals surface area contributed by atoms with Gasteiger partial charge in [-0.1, -0.05) is 30.3 Å². The van der Waals surface area contributed by atoms with E-state index < -0.39 is 0 Å². The van der Waals surface area contributed by atoms with E-state index in [0.717, 1.165) is 40.3 Å². The van der Waals surface area contributed by atoms with E-state index in [2.05, 4.69) is 44.8 Å². The number of H-pyrrole nitrogens is 2. The first-order chi connectivity index (χ1) is 13.2. The number of hydrogen-bond acceptors (Lipinski definition) is 5. The molecular formula is C20H19N5OS. The molecule has 5 rings (SSSR count). The van der Waals surface area contributed by atoms with E-state index >= 15 is 0 Å². The van der Waals surface area contributed by atoms with Crippen LogP contribution in [0.5, 0.6) is 0 Å². The van der Waals surface area contributed by atoms with Crippen molar-refractivity contribution in [3.63, 3.8) is 0 Å². The summed E-state index contributed by atoms with van der Waals surface area (Å²) in [6.07, 6.45) is 3.77. The van der Waals surface area contributed by atoms with Gasteiger partial charge in [0.1, 0.15) is 10.5 Å². The molecule has 0 unspecified atom stereocenters. The van der Waals surface area contributed by atoms with Crippen LogP contribution >= 0.6 is 11.3 Å². The van der Waals surface area contributed by atoms with Crippen molar-refractivity contribution in [1.82, 2.24) is 25.5 Å². The summed E-state index contributed by atoms with van der Waals surface area (Å²) in [5.41, 5.74) is 3.96.